The van der Waals surface area contributed by atoms with Gasteiger partial charge in [-0.1, -0.05) is 60.1 Å². The van der Waals surface area contributed by atoms with Crippen molar-refractivity contribution in [3.63, 3.8) is 0 Å². The van der Waals surface area contributed by atoms with Gasteiger partial charge in [0.2, 0.25) is 0 Å². The number of carbonyl (C=O) groups is 2. The van der Waals surface area contributed by atoms with Crippen LogP contribution in [0, 0.1) is 0 Å². The van der Waals surface area contributed by atoms with Crippen LogP contribution in [0.3, 0.4) is 0 Å². The summed E-state index contributed by atoms with van der Waals surface area (Å²) in [5.74, 6) is -0.210. The number of methoxy groups -OCH3 is 1. The Morgan fingerprint density at radius 1 is 1.03 bits per heavy atom. The first-order valence-corrected chi connectivity index (χ1v) is 13.1. The van der Waals surface area contributed by atoms with Crippen molar-refractivity contribution < 1.29 is 19.1 Å². The summed E-state index contributed by atoms with van der Waals surface area (Å²) in [5.41, 5.74) is 1.96. The zero-order valence-electron chi connectivity index (χ0n) is 20.0. The van der Waals surface area contributed by atoms with Gasteiger partial charge in [0.15, 0.2) is 16.6 Å². The Balaban J connectivity index is 1.45. The Labute approximate surface area is 237 Å². The molecule has 0 radical (unpaired) electrons. The number of hydrogen-bond donors (Lipinski definition) is 1. The van der Waals surface area contributed by atoms with Gasteiger partial charge in [-0.25, -0.2) is 0 Å². The van der Waals surface area contributed by atoms with Gasteiger partial charge in [-0.15, -0.1) is 0 Å². The minimum atomic E-state index is -0.593. The maximum atomic E-state index is 13.3. The highest BCUT2D eigenvalue weighted by Gasteiger charge is 2.34. The predicted octanol–water partition coefficient (Wildman–Crippen LogP) is 6.67. The van der Waals surface area contributed by atoms with Crippen LogP contribution < -0.4 is 19.7 Å². The number of benzene rings is 4. The van der Waals surface area contributed by atoms with E-state index in [0.29, 0.717) is 38.9 Å². The van der Waals surface area contributed by atoms with Crippen LogP contribution in [0.5, 0.6) is 11.5 Å². The van der Waals surface area contributed by atoms with Crippen LogP contribution in [0.4, 0.5) is 5.69 Å². The number of carbonyl (C=O) groups excluding carboxylic acids is 2. The molecule has 2 amide bonds. The third-order valence-electron chi connectivity index (χ3n) is 5.98. The van der Waals surface area contributed by atoms with E-state index >= 15 is 0 Å². The number of thiocarbonyl (C=S) groups is 1. The van der Waals surface area contributed by atoms with E-state index in [0.717, 1.165) is 16.3 Å². The van der Waals surface area contributed by atoms with Crippen molar-refractivity contribution >= 4 is 79.2 Å². The van der Waals surface area contributed by atoms with Crippen LogP contribution in [-0.2, 0) is 16.2 Å². The number of anilines is 1. The molecule has 1 fully saturated rings. The highest BCUT2D eigenvalue weighted by atomic mass is 79.9. The molecule has 38 heavy (non-hydrogen) atoms. The molecule has 190 valence electrons. The minimum Gasteiger partial charge on any atom is -0.493 e. The van der Waals surface area contributed by atoms with Crippen LogP contribution in [-0.4, -0.2) is 24.0 Å². The van der Waals surface area contributed by atoms with E-state index < -0.39 is 11.8 Å². The molecule has 6 nitrogen and oxygen atoms in total. The summed E-state index contributed by atoms with van der Waals surface area (Å²) in [6.07, 6.45) is 1.48. The van der Waals surface area contributed by atoms with Gasteiger partial charge in [0.25, 0.3) is 11.8 Å². The summed E-state index contributed by atoms with van der Waals surface area (Å²) in [6.45, 7) is 0.323. The number of amides is 2. The Kier molecular flexibility index (Phi) is 7.46. The molecule has 1 aliphatic heterocycles. The molecule has 1 N–H and O–H groups in total. The monoisotopic (exact) mass is 606 g/mol. The lowest BCUT2D eigenvalue weighted by atomic mass is 10.1. The van der Waals surface area contributed by atoms with Gasteiger partial charge in [0.05, 0.1) is 17.3 Å². The van der Waals surface area contributed by atoms with Crippen molar-refractivity contribution in [2.45, 2.75) is 6.61 Å². The third-order valence-corrected chi connectivity index (χ3v) is 7.09. The summed E-state index contributed by atoms with van der Waals surface area (Å²) in [6, 6.07) is 24.3. The lowest BCUT2D eigenvalue weighted by Gasteiger charge is -2.29. The second kappa shape index (κ2) is 10.9. The highest BCUT2D eigenvalue weighted by molar-refractivity contribution is 9.10. The number of ether oxygens (including phenoxy) is 2. The molecule has 5 rings (SSSR count). The van der Waals surface area contributed by atoms with Gasteiger partial charge in [0.1, 0.15) is 12.2 Å². The first-order valence-electron chi connectivity index (χ1n) is 11.5. The normalized spacial score (nSPS) is 14.7. The van der Waals surface area contributed by atoms with Gasteiger partial charge >= 0.3 is 0 Å². The topological polar surface area (TPSA) is 67.9 Å². The van der Waals surface area contributed by atoms with Crippen LogP contribution in [0.25, 0.3) is 16.8 Å². The number of rotatable bonds is 6. The van der Waals surface area contributed by atoms with Crippen LogP contribution in [0.2, 0.25) is 5.02 Å². The minimum absolute atomic E-state index is 0.0182. The van der Waals surface area contributed by atoms with E-state index in [1.807, 2.05) is 24.3 Å². The molecule has 1 saturated heterocycles. The lowest BCUT2D eigenvalue weighted by molar-refractivity contribution is -0.122. The van der Waals surface area contributed by atoms with Crippen molar-refractivity contribution in [1.29, 1.82) is 0 Å². The zero-order valence-corrected chi connectivity index (χ0v) is 23.2. The van der Waals surface area contributed by atoms with Gasteiger partial charge in [0, 0.05) is 5.02 Å². The van der Waals surface area contributed by atoms with E-state index in [-0.39, 0.29) is 10.7 Å². The van der Waals surface area contributed by atoms with Gasteiger partial charge in [-0.3, -0.25) is 19.8 Å². The molecular formula is C29H20BrClN2O4S. The Hall–Kier alpha value is -3.72. The van der Waals surface area contributed by atoms with E-state index in [1.165, 1.54) is 18.1 Å². The molecule has 1 aliphatic rings. The molecule has 0 saturated carbocycles. The standard InChI is InChI=1S/C29H20BrClN2O4S/c1-36-25-14-17(12-23-27(34)32-29(38)33(28(23)35)21-10-5-9-20(31)15-21)13-24(30)26(25)37-16-19-8-4-7-18-6-2-3-11-22(18)19/h2-15H,16H2,1H3,(H,32,34,38)/b23-12+. The van der Waals surface area contributed by atoms with E-state index in [9.17, 15) is 9.59 Å². The maximum Gasteiger partial charge on any atom is 0.270 e. The molecule has 0 aromatic heterocycles. The lowest BCUT2D eigenvalue weighted by Crippen LogP contribution is -2.54. The molecule has 9 heteroatoms. The fourth-order valence-corrected chi connectivity index (χ4v) is 5.25. The van der Waals surface area contributed by atoms with Gasteiger partial charge < -0.3 is 9.47 Å². The van der Waals surface area contributed by atoms with Crippen molar-refractivity contribution in [2.75, 3.05) is 12.0 Å². The molecule has 0 unspecified atom stereocenters. The molecule has 0 aliphatic carbocycles. The summed E-state index contributed by atoms with van der Waals surface area (Å²) in [4.78, 5) is 27.3. The Morgan fingerprint density at radius 3 is 2.58 bits per heavy atom. The Morgan fingerprint density at radius 2 is 1.79 bits per heavy atom. The van der Waals surface area contributed by atoms with Crippen LogP contribution >= 0.6 is 39.7 Å². The average Bonchev–Trinajstić information content (AvgIpc) is 2.90. The average molecular weight is 608 g/mol. The van der Waals surface area contributed by atoms with Crippen molar-refractivity contribution in [1.82, 2.24) is 5.32 Å². The number of nitrogens with one attached hydrogen (secondary N) is 1. The fourth-order valence-electron chi connectivity index (χ4n) is 4.21. The van der Waals surface area contributed by atoms with Crippen molar-refractivity contribution in [2.24, 2.45) is 0 Å². The van der Waals surface area contributed by atoms with E-state index in [4.69, 9.17) is 33.3 Å². The SMILES string of the molecule is COc1cc(/C=C2\C(=O)NC(=S)N(c3cccc(Cl)c3)C2=O)cc(Br)c1OCc1cccc2ccccc12. The predicted molar refractivity (Wildman–Crippen MR) is 157 cm³/mol. The number of fused-ring (bicyclic) bond motifs is 1. The van der Waals surface area contributed by atoms with Gasteiger partial charge in [-0.2, -0.15) is 0 Å². The van der Waals surface area contributed by atoms with Crippen LogP contribution in [0.15, 0.2) is 88.9 Å². The summed E-state index contributed by atoms with van der Waals surface area (Å²) in [7, 11) is 1.53. The molecule has 1 heterocycles. The second-order valence-corrected chi connectivity index (χ2v) is 10.1. The number of halogens is 2. The van der Waals surface area contributed by atoms with Crippen molar-refractivity contribution in [3.8, 4) is 11.5 Å². The van der Waals surface area contributed by atoms with Crippen LogP contribution in [0.1, 0.15) is 11.1 Å². The summed E-state index contributed by atoms with van der Waals surface area (Å²) >= 11 is 14.9. The molecular weight excluding hydrogens is 588 g/mol. The first kappa shape index (κ1) is 25.9. The molecule has 0 bridgehead atoms. The molecule has 4 aromatic carbocycles. The second-order valence-electron chi connectivity index (χ2n) is 8.40. The van der Waals surface area contributed by atoms with E-state index in [1.54, 1.807) is 36.4 Å². The first-order chi connectivity index (χ1) is 18.4. The largest absolute Gasteiger partial charge is 0.493 e. The fraction of sp³-hybridized carbons (Fsp3) is 0.0690. The quantitative estimate of drug-likeness (QED) is 0.151. The summed E-state index contributed by atoms with van der Waals surface area (Å²) < 4.78 is 12.4. The number of hydrogen-bond acceptors (Lipinski definition) is 5. The van der Waals surface area contributed by atoms with Gasteiger partial charge in [-0.05, 0) is 86.5 Å². The number of nitrogens with zero attached hydrogens (tertiary/aromatic N) is 1. The van der Waals surface area contributed by atoms with E-state index in [2.05, 4.69) is 39.4 Å². The van der Waals surface area contributed by atoms with Crippen molar-refractivity contribution in [3.05, 3.63) is 105 Å². The zero-order chi connectivity index (χ0) is 26.8. The molecule has 4 aromatic rings. The Bertz CT molecular complexity index is 1630. The molecule has 0 atom stereocenters. The smallest absolute Gasteiger partial charge is 0.270 e. The summed E-state index contributed by atoms with van der Waals surface area (Å²) in [5, 5.41) is 5.23. The maximum absolute atomic E-state index is 13.3. The third kappa shape index (κ3) is 5.15. The highest BCUT2D eigenvalue weighted by Crippen LogP contribution is 2.38. The molecule has 0 spiro atoms.